The van der Waals surface area contributed by atoms with Gasteiger partial charge in [0.2, 0.25) is 0 Å². The summed E-state index contributed by atoms with van der Waals surface area (Å²) < 4.78 is 2.78. The highest BCUT2D eigenvalue weighted by molar-refractivity contribution is 9.10. The molecule has 6 heteroatoms. The Balaban J connectivity index is 1.70. The molecule has 0 bridgehead atoms. The minimum Gasteiger partial charge on any atom is -0.508 e. The second-order valence-corrected chi connectivity index (χ2v) is 4.89. The molecule has 18 heavy (non-hydrogen) atoms. The van der Waals surface area contributed by atoms with Gasteiger partial charge in [-0.3, -0.25) is 4.68 Å². The van der Waals surface area contributed by atoms with Crippen LogP contribution >= 0.6 is 15.9 Å². The van der Waals surface area contributed by atoms with E-state index in [1.165, 1.54) is 0 Å². The molecule has 0 unspecified atom stereocenters. The molecule has 1 aromatic carbocycles. The number of nitrogens with one attached hydrogen (secondary N) is 1. The fourth-order valence-corrected chi connectivity index (χ4v) is 2.05. The third-order valence-electron chi connectivity index (χ3n) is 2.57. The van der Waals surface area contributed by atoms with Crippen LogP contribution in [0.15, 0.2) is 35.1 Å². The molecule has 0 radical (unpaired) electrons. The lowest BCUT2D eigenvalue weighted by atomic mass is 10.2. The van der Waals surface area contributed by atoms with Crippen LogP contribution in [0.1, 0.15) is 12.0 Å². The van der Waals surface area contributed by atoms with E-state index in [2.05, 4.69) is 31.6 Å². The van der Waals surface area contributed by atoms with E-state index in [-0.39, 0.29) is 0 Å². The van der Waals surface area contributed by atoms with Gasteiger partial charge in [0.05, 0.1) is 6.20 Å². The van der Waals surface area contributed by atoms with Crippen molar-refractivity contribution in [1.29, 1.82) is 0 Å². The number of phenolic OH excluding ortho intramolecular Hbond substituents is 1. The predicted molar refractivity (Wildman–Crippen MR) is 72.2 cm³/mol. The topological polar surface area (TPSA) is 63.0 Å². The second-order valence-electron chi connectivity index (χ2n) is 3.97. The summed E-state index contributed by atoms with van der Waals surface area (Å²) in [6.07, 6.45) is 4.49. The average Bonchev–Trinajstić information content (AvgIpc) is 2.86. The molecule has 0 aliphatic carbocycles. The molecule has 96 valence electrons. The molecule has 0 saturated heterocycles. The predicted octanol–water partition coefficient (Wildman–Crippen LogP) is 1.93. The first kappa shape index (κ1) is 13.0. The van der Waals surface area contributed by atoms with E-state index < -0.39 is 0 Å². The van der Waals surface area contributed by atoms with Crippen molar-refractivity contribution >= 4 is 15.9 Å². The third kappa shape index (κ3) is 3.82. The van der Waals surface area contributed by atoms with Gasteiger partial charge in [0, 0.05) is 29.3 Å². The van der Waals surface area contributed by atoms with Crippen LogP contribution in [-0.4, -0.2) is 26.6 Å². The molecule has 1 aromatic heterocycles. The van der Waals surface area contributed by atoms with Crippen molar-refractivity contribution in [3.63, 3.8) is 0 Å². The van der Waals surface area contributed by atoms with Gasteiger partial charge >= 0.3 is 0 Å². The van der Waals surface area contributed by atoms with Gasteiger partial charge in [-0.25, -0.2) is 0 Å². The average molecular weight is 311 g/mol. The fraction of sp³-hybridized carbons (Fsp3) is 0.333. The van der Waals surface area contributed by atoms with E-state index >= 15 is 0 Å². The number of aryl methyl sites for hydroxylation is 1. The summed E-state index contributed by atoms with van der Waals surface area (Å²) in [6, 6.07) is 5.43. The molecule has 0 spiro atoms. The number of rotatable bonds is 6. The van der Waals surface area contributed by atoms with Crippen LogP contribution in [0.2, 0.25) is 0 Å². The molecule has 0 aliphatic rings. The summed E-state index contributed by atoms with van der Waals surface area (Å²) in [4.78, 5) is 0. The Morgan fingerprint density at radius 1 is 1.39 bits per heavy atom. The summed E-state index contributed by atoms with van der Waals surface area (Å²) in [6.45, 7) is 2.37. The molecule has 0 fully saturated rings. The van der Waals surface area contributed by atoms with E-state index in [0.29, 0.717) is 12.3 Å². The van der Waals surface area contributed by atoms with Gasteiger partial charge in [0.25, 0.3) is 0 Å². The maximum absolute atomic E-state index is 9.66. The summed E-state index contributed by atoms with van der Waals surface area (Å²) in [7, 11) is 0. The van der Waals surface area contributed by atoms with Gasteiger partial charge in [-0.2, -0.15) is 0 Å². The van der Waals surface area contributed by atoms with Crippen LogP contribution in [0.3, 0.4) is 0 Å². The van der Waals surface area contributed by atoms with Crippen molar-refractivity contribution in [2.24, 2.45) is 0 Å². The number of aromatic nitrogens is 3. The van der Waals surface area contributed by atoms with E-state index in [4.69, 9.17) is 0 Å². The first-order valence-electron chi connectivity index (χ1n) is 5.78. The highest BCUT2D eigenvalue weighted by atomic mass is 79.9. The SMILES string of the molecule is Oc1ccc(Br)cc1CNCCCn1ccnn1. The highest BCUT2D eigenvalue weighted by Gasteiger charge is 2.01. The summed E-state index contributed by atoms with van der Waals surface area (Å²) >= 11 is 3.39. The first-order valence-corrected chi connectivity index (χ1v) is 6.57. The normalized spacial score (nSPS) is 10.7. The van der Waals surface area contributed by atoms with Crippen LogP contribution in [-0.2, 0) is 13.1 Å². The quantitative estimate of drug-likeness (QED) is 0.800. The standard InChI is InChI=1S/C12H15BrN4O/c13-11-2-3-12(18)10(8-11)9-14-4-1-6-17-7-5-15-16-17/h2-3,5,7-8,14,18H,1,4,6,9H2. The van der Waals surface area contributed by atoms with Crippen molar-refractivity contribution in [1.82, 2.24) is 20.3 Å². The van der Waals surface area contributed by atoms with Crippen molar-refractivity contribution in [3.05, 3.63) is 40.6 Å². The van der Waals surface area contributed by atoms with Crippen molar-refractivity contribution in [2.75, 3.05) is 6.54 Å². The Morgan fingerprint density at radius 2 is 2.28 bits per heavy atom. The molecule has 0 atom stereocenters. The van der Waals surface area contributed by atoms with Gasteiger partial charge in [-0.1, -0.05) is 21.1 Å². The smallest absolute Gasteiger partial charge is 0.120 e. The Bertz CT molecular complexity index is 487. The lowest BCUT2D eigenvalue weighted by Gasteiger charge is -2.07. The number of hydrogen-bond donors (Lipinski definition) is 2. The molecule has 0 amide bonds. The van der Waals surface area contributed by atoms with Gasteiger partial charge in [-0.15, -0.1) is 5.10 Å². The van der Waals surface area contributed by atoms with E-state index in [1.807, 2.05) is 18.3 Å². The van der Waals surface area contributed by atoms with Gasteiger partial charge in [0.1, 0.15) is 5.75 Å². The number of phenols is 1. The Hall–Kier alpha value is -1.40. The monoisotopic (exact) mass is 310 g/mol. The summed E-state index contributed by atoms with van der Waals surface area (Å²) in [5.41, 5.74) is 0.894. The molecule has 2 rings (SSSR count). The van der Waals surface area contributed by atoms with Gasteiger partial charge < -0.3 is 10.4 Å². The molecule has 0 aliphatic heterocycles. The zero-order valence-electron chi connectivity index (χ0n) is 9.88. The minimum atomic E-state index is 0.321. The summed E-state index contributed by atoms with van der Waals surface area (Å²) in [5.74, 6) is 0.321. The van der Waals surface area contributed by atoms with E-state index in [0.717, 1.165) is 29.5 Å². The summed E-state index contributed by atoms with van der Waals surface area (Å²) in [5, 5.41) is 20.6. The number of halogens is 1. The van der Waals surface area contributed by atoms with Crippen molar-refractivity contribution in [2.45, 2.75) is 19.5 Å². The molecule has 1 heterocycles. The van der Waals surface area contributed by atoms with Gasteiger partial charge in [0.15, 0.2) is 0 Å². The molecule has 2 aromatic rings. The molecule has 0 saturated carbocycles. The van der Waals surface area contributed by atoms with E-state index in [9.17, 15) is 5.11 Å². The number of nitrogens with zero attached hydrogens (tertiary/aromatic N) is 3. The first-order chi connectivity index (χ1) is 8.75. The minimum absolute atomic E-state index is 0.321. The lowest BCUT2D eigenvalue weighted by Crippen LogP contribution is -2.16. The maximum atomic E-state index is 9.66. The zero-order valence-corrected chi connectivity index (χ0v) is 11.5. The largest absolute Gasteiger partial charge is 0.508 e. The van der Waals surface area contributed by atoms with Crippen LogP contribution in [0.25, 0.3) is 0 Å². The Labute approximate surface area is 114 Å². The van der Waals surface area contributed by atoms with Crippen LogP contribution in [0, 0.1) is 0 Å². The number of hydrogen-bond acceptors (Lipinski definition) is 4. The molecule has 5 nitrogen and oxygen atoms in total. The highest BCUT2D eigenvalue weighted by Crippen LogP contribution is 2.21. The fourth-order valence-electron chi connectivity index (χ4n) is 1.64. The van der Waals surface area contributed by atoms with Crippen LogP contribution in [0.5, 0.6) is 5.75 Å². The Kier molecular flexibility index (Phi) is 4.72. The second kappa shape index (κ2) is 6.51. The molecular formula is C12H15BrN4O. The van der Waals surface area contributed by atoms with Crippen molar-refractivity contribution < 1.29 is 5.11 Å². The van der Waals surface area contributed by atoms with Crippen LogP contribution < -0.4 is 5.32 Å². The van der Waals surface area contributed by atoms with Crippen LogP contribution in [0.4, 0.5) is 0 Å². The zero-order chi connectivity index (χ0) is 12.8. The van der Waals surface area contributed by atoms with E-state index in [1.54, 1.807) is 16.9 Å². The third-order valence-corrected chi connectivity index (χ3v) is 3.06. The van der Waals surface area contributed by atoms with Crippen molar-refractivity contribution in [3.8, 4) is 5.75 Å². The van der Waals surface area contributed by atoms with Gasteiger partial charge in [-0.05, 0) is 31.2 Å². The Morgan fingerprint density at radius 3 is 3.06 bits per heavy atom. The maximum Gasteiger partial charge on any atom is 0.120 e. The number of aromatic hydroxyl groups is 1. The molecule has 2 N–H and O–H groups in total. The number of benzene rings is 1. The lowest BCUT2D eigenvalue weighted by molar-refractivity contribution is 0.462. The molecular weight excluding hydrogens is 296 g/mol.